The van der Waals surface area contributed by atoms with Crippen LogP contribution in [0, 0.1) is 0 Å². The summed E-state index contributed by atoms with van der Waals surface area (Å²) in [7, 11) is 1.37. The molecule has 13 heavy (non-hydrogen) atoms. The predicted molar refractivity (Wildman–Crippen MR) is 46.7 cm³/mol. The summed E-state index contributed by atoms with van der Waals surface area (Å²) in [5, 5.41) is 5.97. The van der Waals surface area contributed by atoms with Gasteiger partial charge in [-0.3, -0.25) is 20.3 Å². The van der Waals surface area contributed by atoms with Crippen LogP contribution in [0.3, 0.4) is 0 Å². The van der Waals surface area contributed by atoms with Crippen molar-refractivity contribution in [1.29, 1.82) is 0 Å². The van der Waals surface area contributed by atoms with Crippen LogP contribution in [-0.4, -0.2) is 42.6 Å². The van der Waals surface area contributed by atoms with Gasteiger partial charge in [0, 0.05) is 19.8 Å². The van der Waals surface area contributed by atoms with E-state index in [0.29, 0.717) is 6.67 Å². The third kappa shape index (κ3) is 1.96. The van der Waals surface area contributed by atoms with Gasteiger partial charge in [-0.25, -0.2) is 4.79 Å². The van der Waals surface area contributed by atoms with Crippen molar-refractivity contribution in [2.75, 3.05) is 13.7 Å². The number of nitrogens with two attached hydrogens (primary N) is 1. The summed E-state index contributed by atoms with van der Waals surface area (Å²) < 4.78 is 0. The van der Waals surface area contributed by atoms with E-state index in [4.69, 9.17) is 5.73 Å². The lowest BCUT2D eigenvalue weighted by Crippen LogP contribution is -2.50. The number of nitrogens with one attached hydrogen (secondary N) is 2. The quantitative estimate of drug-likeness (QED) is 0.461. The lowest BCUT2D eigenvalue weighted by molar-refractivity contribution is -0.129. The lowest BCUT2D eigenvalue weighted by Gasteiger charge is -2.19. The van der Waals surface area contributed by atoms with Crippen LogP contribution in [0.2, 0.25) is 0 Å². The number of amides is 3. The zero-order valence-electron chi connectivity index (χ0n) is 7.70. The maximum absolute atomic E-state index is 11.5. The lowest BCUT2D eigenvalue weighted by atomic mass is 10.1. The maximum Gasteiger partial charge on any atom is 0.321 e. The van der Waals surface area contributed by atoms with E-state index in [9.17, 15) is 9.59 Å². The number of imide groups is 1. The van der Waals surface area contributed by atoms with E-state index in [2.05, 4.69) is 10.6 Å². The summed E-state index contributed by atoms with van der Waals surface area (Å²) in [4.78, 5) is 23.1. The normalized spacial score (nSPS) is 27.2. The molecule has 2 atom stereocenters. The van der Waals surface area contributed by atoms with E-state index in [1.807, 2.05) is 6.92 Å². The molecule has 1 fully saturated rings. The second-order valence-corrected chi connectivity index (χ2v) is 3.09. The van der Waals surface area contributed by atoms with Crippen molar-refractivity contribution in [1.82, 2.24) is 15.5 Å². The third-order valence-electron chi connectivity index (χ3n) is 2.17. The number of urea groups is 1. The van der Waals surface area contributed by atoms with Crippen molar-refractivity contribution < 1.29 is 9.59 Å². The molecule has 2 unspecified atom stereocenters. The Kier molecular flexibility index (Phi) is 2.84. The van der Waals surface area contributed by atoms with Crippen LogP contribution in [0.25, 0.3) is 0 Å². The SMILES string of the molecule is CC1NCNC1C(=O)N(C)C(N)=O. The Bertz CT molecular complexity index is 231. The van der Waals surface area contributed by atoms with Crippen molar-refractivity contribution in [3.63, 3.8) is 0 Å². The highest BCUT2D eigenvalue weighted by molar-refractivity contribution is 5.96. The molecule has 1 rings (SSSR count). The minimum absolute atomic E-state index is 0.0225. The van der Waals surface area contributed by atoms with E-state index in [0.717, 1.165) is 4.90 Å². The van der Waals surface area contributed by atoms with E-state index >= 15 is 0 Å². The minimum Gasteiger partial charge on any atom is -0.351 e. The van der Waals surface area contributed by atoms with Gasteiger partial charge >= 0.3 is 6.03 Å². The highest BCUT2D eigenvalue weighted by Gasteiger charge is 2.32. The Hall–Kier alpha value is -1.14. The van der Waals surface area contributed by atoms with Crippen molar-refractivity contribution in [3.8, 4) is 0 Å². The zero-order valence-corrected chi connectivity index (χ0v) is 7.70. The van der Waals surface area contributed by atoms with Crippen LogP contribution < -0.4 is 16.4 Å². The molecule has 0 aromatic carbocycles. The number of primary amides is 1. The fourth-order valence-electron chi connectivity index (χ4n) is 1.24. The van der Waals surface area contributed by atoms with Crippen LogP contribution in [0.15, 0.2) is 0 Å². The van der Waals surface area contributed by atoms with Crippen LogP contribution in [-0.2, 0) is 4.79 Å². The molecule has 6 nitrogen and oxygen atoms in total. The van der Waals surface area contributed by atoms with Gasteiger partial charge in [0.1, 0.15) is 6.04 Å². The van der Waals surface area contributed by atoms with Crippen molar-refractivity contribution in [2.45, 2.75) is 19.0 Å². The Morgan fingerprint density at radius 3 is 2.46 bits per heavy atom. The fraction of sp³-hybridized carbons (Fsp3) is 0.714. The van der Waals surface area contributed by atoms with Gasteiger partial charge in [-0.2, -0.15) is 0 Å². The summed E-state index contributed by atoms with van der Waals surface area (Å²) in [5.41, 5.74) is 4.97. The van der Waals surface area contributed by atoms with Crippen molar-refractivity contribution in [2.24, 2.45) is 5.73 Å². The average Bonchev–Trinajstić information content (AvgIpc) is 2.48. The van der Waals surface area contributed by atoms with Crippen LogP contribution in [0.5, 0.6) is 0 Å². The highest BCUT2D eigenvalue weighted by atomic mass is 16.2. The molecule has 0 saturated carbocycles. The second-order valence-electron chi connectivity index (χ2n) is 3.09. The molecule has 6 heteroatoms. The molecule has 3 amide bonds. The number of hydrogen-bond acceptors (Lipinski definition) is 4. The Morgan fingerprint density at radius 1 is 1.46 bits per heavy atom. The summed E-state index contributed by atoms with van der Waals surface area (Å²) in [6.45, 7) is 2.45. The number of carbonyl (C=O) groups is 2. The van der Waals surface area contributed by atoms with Gasteiger partial charge in [-0.15, -0.1) is 0 Å². The average molecular weight is 186 g/mol. The molecule has 4 N–H and O–H groups in total. The second kappa shape index (κ2) is 3.71. The standard InChI is InChI=1S/C7H14N4O2/c1-4-5(10-3-9-4)6(12)11(2)7(8)13/h4-5,9-10H,3H2,1-2H3,(H2,8,13). The van der Waals surface area contributed by atoms with E-state index in [-0.39, 0.29) is 18.0 Å². The van der Waals surface area contributed by atoms with Gasteiger partial charge in [0.05, 0.1) is 0 Å². The molecule has 0 radical (unpaired) electrons. The van der Waals surface area contributed by atoms with Gasteiger partial charge in [0.25, 0.3) is 0 Å². The van der Waals surface area contributed by atoms with E-state index in [1.54, 1.807) is 0 Å². The molecule has 0 bridgehead atoms. The fourth-order valence-corrected chi connectivity index (χ4v) is 1.24. The molecule has 0 aromatic rings. The predicted octanol–water partition coefficient (Wildman–Crippen LogP) is -1.57. The number of hydrogen-bond donors (Lipinski definition) is 3. The van der Waals surface area contributed by atoms with Gasteiger partial charge in [0.2, 0.25) is 5.91 Å². The van der Waals surface area contributed by atoms with Gasteiger partial charge in [0.15, 0.2) is 0 Å². The smallest absolute Gasteiger partial charge is 0.321 e. The Labute approximate surface area is 76.4 Å². The van der Waals surface area contributed by atoms with Crippen molar-refractivity contribution in [3.05, 3.63) is 0 Å². The molecular formula is C7H14N4O2. The first-order valence-electron chi connectivity index (χ1n) is 4.08. The van der Waals surface area contributed by atoms with E-state index < -0.39 is 6.03 Å². The topological polar surface area (TPSA) is 87.5 Å². The molecule has 1 aliphatic rings. The Morgan fingerprint density at radius 2 is 2.08 bits per heavy atom. The summed E-state index contributed by atoms with van der Waals surface area (Å²) in [6.07, 6.45) is 0. The largest absolute Gasteiger partial charge is 0.351 e. The molecule has 74 valence electrons. The monoisotopic (exact) mass is 186 g/mol. The first kappa shape index (κ1) is 9.94. The first-order valence-corrected chi connectivity index (χ1v) is 4.08. The van der Waals surface area contributed by atoms with Gasteiger partial charge < -0.3 is 5.73 Å². The van der Waals surface area contributed by atoms with Crippen LogP contribution >= 0.6 is 0 Å². The first-order chi connectivity index (χ1) is 6.04. The molecule has 0 aromatic heterocycles. The number of nitrogens with zero attached hydrogens (tertiary/aromatic N) is 1. The molecule has 1 aliphatic heterocycles. The summed E-state index contributed by atoms with van der Waals surface area (Å²) >= 11 is 0. The molecule has 1 saturated heterocycles. The molecule has 0 aliphatic carbocycles. The van der Waals surface area contributed by atoms with Gasteiger partial charge in [-0.1, -0.05) is 0 Å². The molecule has 1 heterocycles. The molecular weight excluding hydrogens is 172 g/mol. The summed E-state index contributed by atoms with van der Waals surface area (Å²) in [5.74, 6) is -0.301. The highest BCUT2D eigenvalue weighted by Crippen LogP contribution is 2.02. The third-order valence-corrected chi connectivity index (χ3v) is 2.17. The Balaban J connectivity index is 2.61. The number of likely N-dealkylation sites (N-methyl/N-ethyl adjacent to an activating group) is 1. The van der Waals surface area contributed by atoms with Crippen LogP contribution in [0.4, 0.5) is 4.79 Å². The summed E-state index contributed by atoms with van der Waals surface area (Å²) in [6, 6.07) is -1.07. The zero-order chi connectivity index (χ0) is 10.0. The van der Waals surface area contributed by atoms with Gasteiger partial charge in [-0.05, 0) is 6.92 Å². The maximum atomic E-state index is 11.5. The van der Waals surface area contributed by atoms with E-state index in [1.165, 1.54) is 7.05 Å². The molecule has 0 spiro atoms. The minimum atomic E-state index is -0.731. The van der Waals surface area contributed by atoms with Crippen molar-refractivity contribution >= 4 is 11.9 Å². The number of rotatable bonds is 1. The number of carbonyl (C=O) groups excluding carboxylic acids is 2. The van der Waals surface area contributed by atoms with Crippen LogP contribution in [0.1, 0.15) is 6.92 Å².